The van der Waals surface area contributed by atoms with Gasteiger partial charge in [-0.3, -0.25) is 5.10 Å². The highest BCUT2D eigenvalue weighted by atomic mass is 15.4. The van der Waals surface area contributed by atoms with Gasteiger partial charge in [-0.15, -0.1) is 5.10 Å². The lowest BCUT2D eigenvalue weighted by atomic mass is 9.88. The molecule has 2 heterocycles. The van der Waals surface area contributed by atoms with Crippen LogP contribution in [0.1, 0.15) is 51.3 Å². The largest absolute Gasteiger partial charge is 0.339 e. The molecule has 5 heteroatoms. The number of nitrogens with two attached hydrogens (primary N) is 1. The van der Waals surface area contributed by atoms with E-state index in [4.69, 9.17) is 10.7 Å². The highest BCUT2D eigenvalue weighted by molar-refractivity contribution is 5.31. The Kier molecular flexibility index (Phi) is 3.01. The molecule has 1 aliphatic heterocycles. The molecule has 2 aliphatic rings. The molecule has 0 spiro atoms. The standard InChI is InChI=1S/C13H23N5/c1-13(6-2-3-7-13)11-15-12(17-16-11)18-8-4-10(14)5-9-18/h10H,2-9,14H2,1H3,(H,15,16,17). The Labute approximate surface area is 108 Å². The van der Waals surface area contributed by atoms with E-state index in [1.807, 2.05) is 0 Å². The number of piperidine rings is 1. The summed E-state index contributed by atoms with van der Waals surface area (Å²) in [6.45, 7) is 4.26. The maximum Gasteiger partial charge on any atom is 0.244 e. The van der Waals surface area contributed by atoms with Crippen LogP contribution in [0.3, 0.4) is 0 Å². The lowest BCUT2D eigenvalue weighted by Gasteiger charge is -2.29. The predicted molar refractivity (Wildman–Crippen MR) is 71.6 cm³/mol. The molecule has 1 aliphatic carbocycles. The van der Waals surface area contributed by atoms with Gasteiger partial charge in [0.15, 0.2) is 0 Å². The lowest BCUT2D eigenvalue weighted by Crippen LogP contribution is -2.40. The van der Waals surface area contributed by atoms with E-state index < -0.39 is 0 Å². The van der Waals surface area contributed by atoms with Gasteiger partial charge in [0.2, 0.25) is 5.95 Å². The van der Waals surface area contributed by atoms with Gasteiger partial charge in [-0.05, 0) is 25.7 Å². The highest BCUT2D eigenvalue weighted by Gasteiger charge is 2.34. The number of nitrogens with zero attached hydrogens (tertiary/aromatic N) is 3. The number of aromatic nitrogens is 3. The fraction of sp³-hybridized carbons (Fsp3) is 0.846. The number of H-pyrrole nitrogens is 1. The molecule has 0 radical (unpaired) electrons. The van der Waals surface area contributed by atoms with Crippen molar-refractivity contribution in [3.05, 3.63) is 5.82 Å². The van der Waals surface area contributed by atoms with E-state index >= 15 is 0 Å². The van der Waals surface area contributed by atoms with Crippen molar-refractivity contribution >= 4 is 5.95 Å². The van der Waals surface area contributed by atoms with Crippen molar-refractivity contribution in [3.8, 4) is 0 Å². The number of aromatic amines is 1. The van der Waals surface area contributed by atoms with Crippen LogP contribution in [0.4, 0.5) is 5.95 Å². The molecule has 2 fully saturated rings. The maximum atomic E-state index is 5.93. The smallest absolute Gasteiger partial charge is 0.244 e. The van der Waals surface area contributed by atoms with Crippen LogP contribution in [0.25, 0.3) is 0 Å². The average molecular weight is 249 g/mol. The Morgan fingerprint density at radius 2 is 1.94 bits per heavy atom. The number of rotatable bonds is 2. The molecule has 0 bridgehead atoms. The van der Waals surface area contributed by atoms with Gasteiger partial charge in [-0.2, -0.15) is 4.98 Å². The van der Waals surface area contributed by atoms with Crippen molar-refractivity contribution in [1.82, 2.24) is 15.2 Å². The Balaban J connectivity index is 1.73. The Hall–Kier alpha value is -1.10. The second-order valence-corrected chi connectivity index (χ2v) is 6.08. The van der Waals surface area contributed by atoms with Gasteiger partial charge >= 0.3 is 0 Å². The van der Waals surface area contributed by atoms with E-state index in [1.54, 1.807) is 0 Å². The van der Waals surface area contributed by atoms with Gasteiger partial charge in [0.25, 0.3) is 0 Å². The van der Waals surface area contributed by atoms with E-state index in [9.17, 15) is 0 Å². The first-order chi connectivity index (χ1) is 8.67. The molecule has 1 aromatic heterocycles. The third-order valence-corrected chi connectivity index (χ3v) is 4.57. The lowest BCUT2D eigenvalue weighted by molar-refractivity contribution is 0.460. The molecule has 5 nitrogen and oxygen atoms in total. The first-order valence-corrected chi connectivity index (χ1v) is 7.11. The van der Waals surface area contributed by atoms with E-state index in [1.165, 1.54) is 25.7 Å². The molecule has 1 aromatic rings. The minimum Gasteiger partial charge on any atom is -0.339 e. The Morgan fingerprint density at radius 3 is 2.61 bits per heavy atom. The second-order valence-electron chi connectivity index (χ2n) is 6.08. The molecule has 0 unspecified atom stereocenters. The molecule has 3 N–H and O–H groups in total. The first kappa shape index (κ1) is 12.0. The van der Waals surface area contributed by atoms with Crippen LogP contribution in [0.5, 0.6) is 0 Å². The molecule has 18 heavy (non-hydrogen) atoms. The van der Waals surface area contributed by atoms with Crippen molar-refractivity contribution in [2.24, 2.45) is 5.73 Å². The summed E-state index contributed by atoms with van der Waals surface area (Å²) in [6.07, 6.45) is 7.16. The molecular formula is C13H23N5. The van der Waals surface area contributed by atoms with Crippen molar-refractivity contribution in [2.75, 3.05) is 18.0 Å². The van der Waals surface area contributed by atoms with Crippen LogP contribution in [0.15, 0.2) is 0 Å². The van der Waals surface area contributed by atoms with Crippen LogP contribution in [-0.2, 0) is 5.41 Å². The normalized spacial score (nSPS) is 24.7. The topological polar surface area (TPSA) is 70.8 Å². The van der Waals surface area contributed by atoms with Crippen molar-refractivity contribution in [1.29, 1.82) is 0 Å². The van der Waals surface area contributed by atoms with Gasteiger partial charge in [0.1, 0.15) is 5.82 Å². The van der Waals surface area contributed by atoms with Gasteiger partial charge < -0.3 is 10.6 Å². The maximum absolute atomic E-state index is 5.93. The van der Waals surface area contributed by atoms with E-state index in [0.29, 0.717) is 6.04 Å². The Bertz CT molecular complexity index is 399. The average Bonchev–Trinajstić information content (AvgIpc) is 2.99. The predicted octanol–water partition coefficient (Wildman–Crippen LogP) is 1.56. The summed E-state index contributed by atoms with van der Waals surface area (Å²) in [5.41, 5.74) is 6.15. The molecule has 1 saturated carbocycles. The van der Waals surface area contributed by atoms with Gasteiger partial charge in [0, 0.05) is 24.5 Å². The summed E-state index contributed by atoms with van der Waals surface area (Å²) in [7, 11) is 0. The van der Waals surface area contributed by atoms with Crippen LogP contribution in [0.2, 0.25) is 0 Å². The van der Waals surface area contributed by atoms with Crippen LogP contribution in [0, 0.1) is 0 Å². The monoisotopic (exact) mass is 249 g/mol. The molecule has 1 saturated heterocycles. The molecule has 3 rings (SSSR count). The third kappa shape index (κ3) is 2.11. The van der Waals surface area contributed by atoms with Crippen LogP contribution >= 0.6 is 0 Å². The zero-order chi connectivity index (χ0) is 12.6. The molecule has 0 amide bonds. The van der Waals surface area contributed by atoms with Crippen molar-refractivity contribution in [2.45, 2.75) is 56.9 Å². The van der Waals surface area contributed by atoms with E-state index in [-0.39, 0.29) is 5.41 Å². The quantitative estimate of drug-likeness (QED) is 0.834. The van der Waals surface area contributed by atoms with Crippen LogP contribution < -0.4 is 10.6 Å². The molecule has 100 valence electrons. The second kappa shape index (κ2) is 4.53. The minimum absolute atomic E-state index is 0.220. The van der Waals surface area contributed by atoms with Gasteiger partial charge in [-0.25, -0.2) is 0 Å². The van der Waals surface area contributed by atoms with E-state index in [2.05, 4.69) is 22.0 Å². The summed E-state index contributed by atoms with van der Waals surface area (Å²) in [5, 5.41) is 7.57. The zero-order valence-corrected chi connectivity index (χ0v) is 11.2. The van der Waals surface area contributed by atoms with Gasteiger partial charge in [-0.1, -0.05) is 19.8 Å². The fourth-order valence-electron chi connectivity index (χ4n) is 3.16. The summed E-state index contributed by atoms with van der Waals surface area (Å²) in [4.78, 5) is 6.98. The fourth-order valence-corrected chi connectivity index (χ4v) is 3.16. The summed E-state index contributed by atoms with van der Waals surface area (Å²) >= 11 is 0. The van der Waals surface area contributed by atoms with Crippen molar-refractivity contribution < 1.29 is 0 Å². The highest BCUT2D eigenvalue weighted by Crippen LogP contribution is 2.39. The SMILES string of the molecule is CC1(c2nc(N3CCC(N)CC3)n[nH]2)CCCC1. The summed E-state index contributed by atoms with van der Waals surface area (Å²) < 4.78 is 0. The van der Waals surface area contributed by atoms with Crippen molar-refractivity contribution in [3.63, 3.8) is 0 Å². The first-order valence-electron chi connectivity index (χ1n) is 7.11. The third-order valence-electron chi connectivity index (χ3n) is 4.57. The van der Waals surface area contributed by atoms with Gasteiger partial charge in [0.05, 0.1) is 0 Å². The molecular weight excluding hydrogens is 226 g/mol. The summed E-state index contributed by atoms with van der Waals surface area (Å²) in [6, 6.07) is 0.354. The van der Waals surface area contributed by atoms with Crippen LogP contribution in [-0.4, -0.2) is 34.3 Å². The molecule has 0 atom stereocenters. The number of anilines is 1. The van der Waals surface area contributed by atoms with E-state index in [0.717, 1.165) is 37.7 Å². The summed E-state index contributed by atoms with van der Waals surface area (Å²) in [5.74, 6) is 1.94. The Morgan fingerprint density at radius 1 is 1.28 bits per heavy atom. The number of nitrogens with one attached hydrogen (secondary N) is 1. The number of hydrogen-bond acceptors (Lipinski definition) is 4. The minimum atomic E-state index is 0.220. The zero-order valence-electron chi connectivity index (χ0n) is 11.2. The molecule has 0 aromatic carbocycles. The number of hydrogen-bond donors (Lipinski definition) is 2.